The van der Waals surface area contributed by atoms with E-state index in [1.165, 1.54) is 0 Å². The maximum absolute atomic E-state index is 12.5. The van der Waals surface area contributed by atoms with Crippen LogP contribution in [0.5, 0.6) is 0 Å². The predicted octanol–water partition coefficient (Wildman–Crippen LogP) is 6.76. The highest BCUT2D eigenvalue weighted by atomic mass is 35.5. The zero-order valence-electron chi connectivity index (χ0n) is 19.9. The average Bonchev–Trinajstić information content (AvgIpc) is 3.32. The van der Waals surface area contributed by atoms with Crippen molar-refractivity contribution in [2.45, 2.75) is 46.2 Å². The highest BCUT2D eigenvalue weighted by molar-refractivity contribution is 7.14. The van der Waals surface area contributed by atoms with E-state index in [-0.39, 0.29) is 5.92 Å². The molecule has 3 rings (SSSR count). The molecule has 35 heavy (non-hydrogen) atoms. The quantitative estimate of drug-likeness (QED) is 0.284. The van der Waals surface area contributed by atoms with Crippen molar-refractivity contribution in [3.63, 3.8) is 0 Å². The number of carboxylic acids is 1. The number of halogens is 2. The van der Waals surface area contributed by atoms with Crippen LogP contribution in [-0.4, -0.2) is 34.6 Å². The maximum Gasteiger partial charge on any atom is 0.326 e. The van der Waals surface area contributed by atoms with Gasteiger partial charge in [-0.25, -0.2) is 9.78 Å². The molecule has 6 nitrogen and oxygen atoms in total. The molecule has 0 bridgehead atoms. The smallest absolute Gasteiger partial charge is 0.326 e. The Morgan fingerprint density at radius 1 is 1.11 bits per heavy atom. The molecule has 0 aliphatic rings. The molecule has 0 saturated carbocycles. The van der Waals surface area contributed by atoms with Crippen LogP contribution in [0.15, 0.2) is 47.8 Å². The summed E-state index contributed by atoms with van der Waals surface area (Å²) < 4.78 is 0. The number of benzene rings is 2. The summed E-state index contributed by atoms with van der Waals surface area (Å²) >= 11 is 13.8. The summed E-state index contributed by atoms with van der Waals surface area (Å²) in [5, 5.41) is 15.8. The lowest BCUT2D eigenvalue weighted by Crippen LogP contribution is -2.44. The van der Waals surface area contributed by atoms with Gasteiger partial charge in [0.2, 0.25) is 0 Å². The Kier molecular flexibility index (Phi) is 9.55. The first-order valence-electron chi connectivity index (χ1n) is 11.5. The second-order valence-electron chi connectivity index (χ2n) is 8.65. The van der Waals surface area contributed by atoms with Crippen LogP contribution in [0, 0.1) is 5.92 Å². The molecule has 1 heterocycles. The number of carbonyl (C=O) groups is 2. The number of thiazole rings is 1. The number of anilines is 1. The van der Waals surface area contributed by atoms with Crippen LogP contribution in [0.25, 0.3) is 11.3 Å². The minimum atomic E-state index is -1.04. The minimum absolute atomic E-state index is 0.213. The van der Waals surface area contributed by atoms with Gasteiger partial charge >= 0.3 is 5.97 Å². The summed E-state index contributed by atoms with van der Waals surface area (Å²) in [6.07, 6.45) is 2.08. The van der Waals surface area contributed by atoms with E-state index in [0.717, 1.165) is 41.3 Å². The van der Waals surface area contributed by atoms with E-state index in [4.69, 9.17) is 28.2 Å². The molecule has 9 heteroatoms. The third-order valence-electron chi connectivity index (χ3n) is 5.57. The number of rotatable bonds is 11. The first kappa shape index (κ1) is 27.0. The Bertz CT molecular complexity index is 1160. The zero-order chi connectivity index (χ0) is 25.5. The van der Waals surface area contributed by atoms with Crippen LogP contribution in [0.1, 0.15) is 49.5 Å². The van der Waals surface area contributed by atoms with E-state index in [1.807, 2.05) is 29.6 Å². The third kappa shape index (κ3) is 7.19. The number of nitrogens with one attached hydrogen (secondary N) is 1. The average molecular weight is 535 g/mol. The Balaban J connectivity index is 1.74. The second-order valence-corrected chi connectivity index (χ2v) is 10.3. The van der Waals surface area contributed by atoms with Crippen LogP contribution in [0.3, 0.4) is 0 Å². The molecule has 0 saturated heterocycles. The molecular formula is C26H29Cl2N3O3S. The van der Waals surface area contributed by atoms with Gasteiger partial charge in [0.1, 0.15) is 6.04 Å². The summed E-state index contributed by atoms with van der Waals surface area (Å²) in [6.45, 7) is 7.16. The Morgan fingerprint density at radius 3 is 2.43 bits per heavy atom. The summed E-state index contributed by atoms with van der Waals surface area (Å²) in [6, 6.07) is 11.8. The van der Waals surface area contributed by atoms with Crippen LogP contribution >= 0.6 is 34.5 Å². The predicted molar refractivity (Wildman–Crippen MR) is 144 cm³/mol. The van der Waals surface area contributed by atoms with E-state index < -0.39 is 17.9 Å². The number of nitrogens with zero attached hydrogens (tertiary/aromatic N) is 2. The van der Waals surface area contributed by atoms with Gasteiger partial charge in [0.05, 0.1) is 15.7 Å². The van der Waals surface area contributed by atoms with Crippen molar-refractivity contribution in [2.24, 2.45) is 5.92 Å². The minimum Gasteiger partial charge on any atom is -0.480 e. The lowest BCUT2D eigenvalue weighted by Gasteiger charge is -2.22. The number of unbranched alkanes of at least 4 members (excludes halogenated alkanes) is 1. The molecule has 2 aromatic carbocycles. The fourth-order valence-electron chi connectivity index (χ4n) is 3.51. The molecule has 3 aromatic rings. The van der Waals surface area contributed by atoms with Crippen LogP contribution < -0.4 is 10.2 Å². The molecule has 0 fully saturated rings. The van der Waals surface area contributed by atoms with E-state index in [2.05, 4.69) is 17.1 Å². The van der Waals surface area contributed by atoms with Gasteiger partial charge in [0.15, 0.2) is 5.13 Å². The van der Waals surface area contributed by atoms with E-state index >= 15 is 0 Å². The fourth-order valence-corrected chi connectivity index (χ4v) is 4.67. The van der Waals surface area contributed by atoms with Gasteiger partial charge in [-0.1, -0.05) is 68.6 Å². The second kappa shape index (κ2) is 12.4. The summed E-state index contributed by atoms with van der Waals surface area (Å²) in [5.74, 6) is -1.65. The number of amides is 1. The molecule has 2 N–H and O–H groups in total. The lowest BCUT2D eigenvalue weighted by molar-refractivity contribution is -0.140. The zero-order valence-corrected chi connectivity index (χ0v) is 22.3. The molecule has 0 radical (unpaired) electrons. The van der Waals surface area contributed by atoms with Crippen molar-refractivity contribution in [1.29, 1.82) is 0 Å². The summed E-state index contributed by atoms with van der Waals surface area (Å²) in [4.78, 5) is 31.0. The van der Waals surface area contributed by atoms with Crippen LogP contribution in [0.4, 0.5) is 5.13 Å². The Morgan fingerprint density at radius 2 is 1.83 bits per heavy atom. The first-order chi connectivity index (χ1) is 16.7. The monoisotopic (exact) mass is 533 g/mol. The SMILES string of the molecule is CCCCN(Cc1ccc(C(=O)NC(C(=O)O)C(C)C)cc1)c1nc(-c2ccc(Cl)c(Cl)c2)cs1. The molecule has 0 aliphatic heterocycles. The number of hydrogen-bond donors (Lipinski definition) is 2. The van der Waals surface area contributed by atoms with Gasteiger partial charge in [0, 0.05) is 29.6 Å². The molecule has 0 aliphatic carbocycles. The molecule has 1 amide bonds. The number of aromatic nitrogens is 1. The molecule has 0 spiro atoms. The Hall–Kier alpha value is -2.61. The standard InChI is InChI=1S/C26H29Cl2N3O3S/c1-4-5-12-31(26-29-22(15-35-26)19-10-11-20(27)21(28)13-19)14-17-6-8-18(9-7-17)24(32)30-23(16(2)3)25(33)34/h6-11,13,15-16,23H,4-5,12,14H2,1-3H3,(H,30,32)(H,33,34). The molecule has 1 unspecified atom stereocenters. The van der Waals surface area contributed by atoms with Crippen molar-refractivity contribution in [3.05, 3.63) is 69.0 Å². The number of hydrogen-bond acceptors (Lipinski definition) is 5. The van der Waals surface area contributed by atoms with Gasteiger partial charge in [0.25, 0.3) is 5.91 Å². The van der Waals surface area contributed by atoms with Crippen molar-refractivity contribution >= 4 is 51.5 Å². The van der Waals surface area contributed by atoms with Crippen molar-refractivity contribution in [1.82, 2.24) is 10.3 Å². The first-order valence-corrected chi connectivity index (χ1v) is 13.1. The maximum atomic E-state index is 12.5. The van der Waals surface area contributed by atoms with Gasteiger partial charge < -0.3 is 15.3 Å². The normalized spacial score (nSPS) is 11.9. The number of carboxylic acid groups (broad SMARTS) is 1. The van der Waals surface area contributed by atoms with Crippen molar-refractivity contribution < 1.29 is 14.7 Å². The van der Waals surface area contributed by atoms with Gasteiger partial charge in [-0.3, -0.25) is 4.79 Å². The van der Waals surface area contributed by atoms with Gasteiger partial charge in [-0.15, -0.1) is 11.3 Å². The van der Waals surface area contributed by atoms with Crippen LogP contribution in [-0.2, 0) is 11.3 Å². The topological polar surface area (TPSA) is 82.5 Å². The number of aliphatic carboxylic acids is 1. The van der Waals surface area contributed by atoms with E-state index in [1.54, 1.807) is 43.4 Å². The summed E-state index contributed by atoms with van der Waals surface area (Å²) in [7, 11) is 0. The third-order valence-corrected chi connectivity index (χ3v) is 7.21. The molecule has 186 valence electrons. The molecule has 1 aromatic heterocycles. The van der Waals surface area contributed by atoms with Crippen molar-refractivity contribution in [3.8, 4) is 11.3 Å². The van der Waals surface area contributed by atoms with Gasteiger partial charge in [-0.05, 0) is 42.2 Å². The fraction of sp³-hybridized carbons (Fsp3) is 0.346. The Labute approximate surface area is 219 Å². The van der Waals surface area contributed by atoms with Crippen molar-refractivity contribution in [2.75, 3.05) is 11.4 Å². The van der Waals surface area contributed by atoms with E-state index in [9.17, 15) is 14.7 Å². The summed E-state index contributed by atoms with van der Waals surface area (Å²) in [5.41, 5.74) is 3.21. The molecular weight excluding hydrogens is 505 g/mol. The highest BCUT2D eigenvalue weighted by Gasteiger charge is 2.24. The lowest BCUT2D eigenvalue weighted by atomic mass is 10.0. The van der Waals surface area contributed by atoms with Gasteiger partial charge in [-0.2, -0.15) is 0 Å². The molecule has 1 atom stereocenters. The largest absolute Gasteiger partial charge is 0.480 e. The number of carbonyl (C=O) groups excluding carboxylic acids is 1. The van der Waals surface area contributed by atoms with E-state index in [0.29, 0.717) is 22.2 Å². The van der Waals surface area contributed by atoms with Crippen LogP contribution in [0.2, 0.25) is 10.0 Å². The highest BCUT2D eigenvalue weighted by Crippen LogP contribution is 2.32.